The summed E-state index contributed by atoms with van der Waals surface area (Å²) in [5.74, 6) is 2.41. The highest BCUT2D eigenvalue weighted by atomic mass is 32.2. The summed E-state index contributed by atoms with van der Waals surface area (Å²) in [5, 5.41) is 12.4. The maximum atomic E-state index is 8.93. The van der Waals surface area contributed by atoms with Crippen molar-refractivity contribution in [2.75, 3.05) is 24.7 Å². The first-order chi connectivity index (χ1) is 7.35. The highest BCUT2D eigenvalue weighted by molar-refractivity contribution is 7.99. The molecule has 0 saturated carbocycles. The van der Waals surface area contributed by atoms with Crippen LogP contribution in [0.4, 0.5) is 0 Å². The van der Waals surface area contributed by atoms with Crippen molar-refractivity contribution >= 4 is 11.8 Å². The lowest BCUT2D eigenvalue weighted by atomic mass is 10.2. The third-order valence-corrected chi connectivity index (χ3v) is 3.59. The van der Waals surface area contributed by atoms with Crippen LogP contribution in [0.5, 0.6) is 0 Å². The van der Waals surface area contributed by atoms with Crippen molar-refractivity contribution in [3.05, 3.63) is 0 Å². The molecule has 0 bridgehead atoms. The van der Waals surface area contributed by atoms with Crippen molar-refractivity contribution in [1.82, 2.24) is 5.32 Å². The SMILES string of the molecule is CCCCCSCC(CCO)NCCC. The smallest absolute Gasteiger partial charge is 0.0446 e. The largest absolute Gasteiger partial charge is 0.396 e. The fourth-order valence-corrected chi connectivity index (χ4v) is 2.57. The van der Waals surface area contributed by atoms with Crippen LogP contribution >= 0.6 is 11.8 Å². The minimum Gasteiger partial charge on any atom is -0.396 e. The maximum absolute atomic E-state index is 8.93. The number of hydrogen-bond acceptors (Lipinski definition) is 3. The predicted molar refractivity (Wildman–Crippen MR) is 70.6 cm³/mol. The summed E-state index contributed by atoms with van der Waals surface area (Å²) in [6.45, 7) is 5.79. The molecular formula is C12H27NOS. The second kappa shape index (κ2) is 12.3. The van der Waals surface area contributed by atoms with E-state index in [4.69, 9.17) is 5.11 Å². The average Bonchev–Trinajstić information content (AvgIpc) is 2.25. The quantitative estimate of drug-likeness (QED) is 0.538. The molecule has 1 atom stereocenters. The Bertz CT molecular complexity index is 122. The number of aliphatic hydroxyl groups is 1. The van der Waals surface area contributed by atoms with Crippen LogP contribution in [-0.2, 0) is 0 Å². The molecule has 92 valence electrons. The normalized spacial score (nSPS) is 13.0. The fraction of sp³-hybridized carbons (Fsp3) is 1.00. The molecule has 2 nitrogen and oxygen atoms in total. The van der Waals surface area contributed by atoms with Gasteiger partial charge in [-0.3, -0.25) is 0 Å². The summed E-state index contributed by atoms with van der Waals surface area (Å²) < 4.78 is 0. The summed E-state index contributed by atoms with van der Waals surface area (Å²) in [5.41, 5.74) is 0. The molecule has 0 aliphatic carbocycles. The second-order valence-corrected chi connectivity index (χ2v) is 5.10. The number of nitrogens with one attached hydrogen (secondary N) is 1. The van der Waals surface area contributed by atoms with Crippen molar-refractivity contribution in [3.8, 4) is 0 Å². The highest BCUT2D eigenvalue weighted by Gasteiger charge is 2.06. The molecule has 1 unspecified atom stereocenters. The van der Waals surface area contributed by atoms with E-state index in [1.807, 2.05) is 11.8 Å². The summed E-state index contributed by atoms with van der Waals surface area (Å²) in [6.07, 6.45) is 6.04. The summed E-state index contributed by atoms with van der Waals surface area (Å²) in [7, 11) is 0. The fourth-order valence-electron chi connectivity index (χ4n) is 1.43. The van der Waals surface area contributed by atoms with Gasteiger partial charge in [0.1, 0.15) is 0 Å². The Hall–Kier alpha value is 0.270. The van der Waals surface area contributed by atoms with E-state index < -0.39 is 0 Å². The van der Waals surface area contributed by atoms with Gasteiger partial charge in [0.15, 0.2) is 0 Å². The molecule has 0 amide bonds. The molecule has 0 spiro atoms. The van der Waals surface area contributed by atoms with Gasteiger partial charge in [0.2, 0.25) is 0 Å². The molecule has 0 aliphatic heterocycles. The second-order valence-electron chi connectivity index (χ2n) is 3.95. The van der Waals surface area contributed by atoms with Crippen LogP contribution in [0, 0.1) is 0 Å². The standard InChI is InChI=1S/C12H27NOS/c1-3-5-6-10-15-11-12(7-9-14)13-8-4-2/h12-14H,3-11H2,1-2H3. The Labute approximate surface area is 99.2 Å². The number of hydrogen-bond donors (Lipinski definition) is 2. The Morgan fingerprint density at radius 2 is 2.00 bits per heavy atom. The molecule has 0 aromatic carbocycles. The highest BCUT2D eigenvalue weighted by Crippen LogP contribution is 2.09. The van der Waals surface area contributed by atoms with Crippen LogP contribution in [0.3, 0.4) is 0 Å². The lowest BCUT2D eigenvalue weighted by molar-refractivity contribution is 0.270. The van der Waals surface area contributed by atoms with E-state index in [-0.39, 0.29) is 0 Å². The molecule has 0 radical (unpaired) electrons. The molecule has 0 aromatic rings. The van der Waals surface area contributed by atoms with Gasteiger partial charge < -0.3 is 10.4 Å². The molecule has 0 aliphatic rings. The van der Waals surface area contributed by atoms with E-state index in [1.165, 1.54) is 31.4 Å². The summed E-state index contributed by atoms with van der Waals surface area (Å²) in [4.78, 5) is 0. The van der Waals surface area contributed by atoms with Gasteiger partial charge in [-0.15, -0.1) is 0 Å². The van der Waals surface area contributed by atoms with Crippen molar-refractivity contribution in [3.63, 3.8) is 0 Å². The Morgan fingerprint density at radius 1 is 1.20 bits per heavy atom. The number of aliphatic hydroxyl groups excluding tert-OH is 1. The third kappa shape index (κ3) is 10.6. The van der Waals surface area contributed by atoms with Crippen LogP contribution in [0.1, 0.15) is 46.0 Å². The van der Waals surface area contributed by atoms with Gasteiger partial charge in [-0.1, -0.05) is 26.7 Å². The van der Waals surface area contributed by atoms with Crippen LogP contribution in [0.25, 0.3) is 0 Å². The number of thioether (sulfide) groups is 1. The molecule has 0 aromatic heterocycles. The molecule has 0 saturated heterocycles. The third-order valence-electron chi connectivity index (χ3n) is 2.37. The van der Waals surface area contributed by atoms with Gasteiger partial charge in [0.25, 0.3) is 0 Å². The van der Waals surface area contributed by atoms with Crippen molar-refractivity contribution in [1.29, 1.82) is 0 Å². The van der Waals surface area contributed by atoms with Crippen molar-refractivity contribution < 1.29 is 5.11 Å². The van der Waals surface area contributed by atoms with Gasteiger partial charge in [0.05, 0.1) is 0 Å². The first-order valence-corrected chi connectivity index (χ1v) is 7.42. The zero-order chi connectivity index (χ0) is 11.4. The Morgan fingerprint density at radius 3 is 2.60 bits per heavy atom. The maximum Gasteiger partial charge on any atom is 0.0446 e. The van der Waals surface area contributed by atoms with Gasteiger partial charge in [-0.2, -0.15) is 11.8 Å². The van der Waals surface area contributed by atoms with Gasteiger partial charge in [0, 0.05) is 18.4 Å². The average molecular weight is 233 g/mol. The topological polar surface area (TPSA) is 32.3 Å². The Kier molecular flexibility index (Phi) is 12.6. The predicted octanol–water partition coefficient (Wildman–Crippen LogP) is 2.66. The van der Waals surface area contributed by atoms with Crippen molar-refractivity contribution in [2.45, 2.75) is 52.0 Å². The van der Waals surface area contributed by atoms with Gasteiger partial charge >= 0.3 is 0 Å². The molecule has 3 heteroatoms. The van der Waals surface area contributed by atoms with E-state index >= 15 is 0 Å². The minimum atomic E-state index is 0.302. The monoisotopic (exact) mass is 233 g/mol. The van der Waals surface area contributed by atoms with Crippen LogP contribution < -0.4 is 5.32 Å². The number of rotatable bonds is 11. The van der Waals surface area contributed by atoms with E-state index in [0.717, 1.165) is 18.7 Å². The van der Waals surface area contributed by atoms with E-state index in [9.17, 15) is 0 Å². The van der Waals surface area contributed by atoms with Gasteiger partial charge in [-0.05, 0) is 31.6 Å². The van der Waals surface area contributed by atoms with E-state index in [0.29, 0.717) is 12.6 Å². The van der Waals surface area contributed by atoms with Crippen LogP contribution in [0.2, 0.25) is 0 Å². The molecule has 15 heavy (non-hydrogen) atoms. The Balaban J connectivity index is 3.38. The molecular weight excluding hydrogens is 206 g/mol. The summed E-state index contributed by atoms with van der Waals surface area (Å²) >= 11 is 2.02. The molecule has 0 rings (SSSR count). The lowest BCUT2D eigenvalue weighted by Crippen LogP contribution is -2.33. The molecule has 2 N–H and O–H groups in total. The first-order valence-electron chi connectivity index (χ1n) is 6.27. The van der Waals surface area contributed by atoms with E-state index in [2.05, 4.69) is 19.2 Å². The minimum absolute atomic E-state index is 0.302. The van der Waals surface area contributed by atoms with E-state index in [1.54, 1.807) is 0 Å². The first kappa shape index (κ1) is 15.3. The molecule has 0 heterocycles. The summed E-state index contributed by atoms with van der Waals surface area (Å²) in [6, 6.07) is 0.501. The van der Waals surface area contributed by atoms with Gasteiger partial charge in [-0.25, -0.2) is 0 Å². The van der Waals surface area contributed by atoms with Crippen LogP contribution in [-0.4, -0.2) is 35.8 Å². The van der Waals surface area contributed by atoms with Crippen LogP contribution in [0.15, 0.2) is 0 Å². The zero-order valence-electron chi connectivity index (χ0n) is 10.3. The lowest BCUT2D eigenvalue weighted by Gasteiger charge is -2.16. The van der Waals surface area contributed by atoms with Crippen molar-refractivity contribution in [2.24, 2.45) is 0 Å². The number of unbranched alkanes of at least 4 members (excludes halogenated alkanes) is 2. The molecule has 0 fully saturated rings. The zero-order valence-corrected chi connectivity index (χ0v) is 11.1.